The first-order valence-electron chi connectivity index (χ1n) is 11.3. The van der Waals surface area contributed by atoms with Gasteiger partial charge in [-0.3, -0.25) is 9.69 Å². The lowest BCUT2D eigenvalue weighted by molar-refractivity contribution is -0.124. The average molecular weight is 375 g/mol. The zero-order valence-electron chi connectivity index (χ0n) is 17.1. The number of carbonyl (C=O) groups is 1. The fourth-order valence-electron chi connectivity index (χ4n) is 5.56. The van der Waals surface area contributed by atoms with Gasteiger partial charge >= 0.3 is 0 Å². The lowest BCUT2D eigenvalue weighted by Gasteiger charge is -2.45. The van der Waals surface area contributed by atoms with Crippen LogP contribution < -0.4 is 11.1 Å². The summed E-state index contributed by atoms with van der Waals surface area (Å²) in [6, 6.07) is 2.60. The molecule has 152 valence electrons. The van der Waals surface area contributed by atoms with E-state index in [-0.39, 0.29) is 5.91 Å². The molecule has 0 bridgehead atoms. The van der Waals surface area contributed by atoms with Gasteiger partial charge in [0.25, 0.3) is 0 Å². The molecular formula is C22H38N4O. The van der Waals surface area contributed by atoms with Crippen LogP contribution in [0.4, 0.5) is 0 Å². The third kappa shape index (κ3) is 5.23. The second-order valence-electron chi connectivity index (χ2n) is 9.39. The molecule has 5 heteroatoms. The molecule has 0 aromatic rings. The fraction of sp³-hybridized carbons (Fsp3) is 0.909. The largest absolute Gasteiger partial charge is 0.336 e. The predicted octanol–water partition coefficient (Wildman–Crippen LogP) is 3.34. The monoisotopic (exact) mass is 374 g/mol. The van der Waals surface area contributed by atoms with E-state index in [1.807, 2.05) is 0 Å². The van der Waals surface area contributed by atoms with Gasteiger partial charge in [-0.2, -0.15) is 5.26 Å². The van der Waals surface area contributed by atoms with Gasteiger partial charge < -0.3 is 11.1 Å². The van der Waals surface area contributed by atoms with Crippen molar-refractivity contribution in [3.05, 3.63) is 0 Å². The number of likely N-dealkylation sites (tertiary alicyclic amines) is 1. The van der Waals surface area contributed by atoms with E-state index in [0.717, 1.165) is 25.4 Å². The molecule has 3 fully saturated rings. The number of nitrogens with one attached hydrogen (secondary N) is 1. The van der Waals surface area contributed by atoms with Gasteiger partial charge in [0.2, 0.25) is 5.91 Å². The summed E-state index contributed by atoms with van der Waals surface area (Å²) < 4.78 is 0. The molecule has 27 heavy (non-hydrogen) atoms. The van der Waals surface area contributed by atoms with Gasteiger partial charge in [0, 0.05) is 19.1 Å². The molecule has 1 amide bonds. The molecule has 1 heterocycles. The van der Waals surface area contributed by atoms with Crippen LogP contribution in [-0.4, -0.2) is 41.5 Å². The summed E-state index contributed by atoms with van der Waals surface area (Å²) in [6.45, 7) is 4.17. The molecule has 0 radical (unpaired) electrons. The van der Waals surface area contributed by atoms with Crippen molar-refractivity contribution < 1.29 is 4.79 Å². The minimum atomic E-state index is -0.727. The Bertz CT molecular complexity index is 529. The predicted molar refractivity (Wildman–Crippen MR) is 108 cm³/mol. The van der Waals surface area contributed by atoms with Crippen molar-refractivity contribution >= 4 is 5.91 Å². The molecule has 5 nitrogen and oxygen atoms in total. The Morgan fingerprint density at radius 1 is 1.15 bits per heavy atom. The molecule has 3 aliphatic rings. The van der Waals surface area contributed by atoms with Crippen LogP contribution >= 0.6 is 0 Å². The zero-order chi connectivity index (χ0) is 19.3. The number of hydrogen-bond acceptors (Lipinski definition) is 4. The van der Waals surface area contributed by atoms with Crippen molar-refractivity contribution in [1.29, 1.82) is 5.26 Å². The lowest BCUT2D eigenvalue weighted by atomic mass is 9.81. The van der Waals surface area contributed by atoms with Gasteiger partial charge in [-0.25, -0.2) is 0 Å². The summed E-state index contributed by atoms with van der Waals surface area (Å²) in [5.41, 5.74) is 5.48. The summed E-state index contributed by atoms with van der Waals surface area (Å²) >= 11 is 0. The quantitative estimate of drug-likeness (QED) is 0.773. The summed E-state index contributed by atoms with van der Waals surface area (Å²) in [5.74, 6) is 1.20. The second kappa shape index (κ2) is 9.39. The van der Waals surface area contributed by atoms with Crippen molar-refractivity contribution in [2.75, 3.05) is 13.1 Å². The molecule has 0 spiro atoms. The van der Waals surface area contributed by atoms with Crippen LogP contribution in [0.1, 0.15) is 84.0 Å². The number of amides is 1. The molecule has 3 rings (SSSR count). The lowest BCUT2D eigenvalue weighted by Crippen LogP contribution is -2.59. The van der Waals surface area contributed by atoms with E-state index in [0.29, 0.717) is 24.8 Å². The minimum Gasteiger partial charge on any atom is -0.336 e. The van der Waals surface area contributed by atoms with Crippen LogP contribution in [0.3, 0.4) is 0 Å². The van der Waals surface area contributed by atoms with Crippen LogP contribution in [-0.2, 0) is 4.79 Å². The Morgan fingerprint density at radius 3 is 2.41 bits per heavy atom. The van der Waals surface area contributed by atoms with Gasteiger partial charge in [-0.05, 0) is 43.9 Å². The number of nitriles is 1. The van der Waals surface area contributed by atoms with Crippen molar-refractivity contribution in [2.24, 2.45) is 17.6 Å². The second-order valence-corrected chi connectivity index (χ2v) is 9.39. The molecule has 3 unspecified atom stereocenters. The summed E-state index contributed by atoms with van der Waals surface area (Å²) in [7, 11) is 0. The normalized spacial score (nSPS) is 31.0. The molecule has 0 aromatic carbocycles. The molecule has 1 aliphatic heterocycles. The number of piperidine rings is 1. The van der Waals surface area contributed by atoms with Crippen LogP contribution in [0.5, 0.6) is 0 Å². The Kier molecular flexibility index (Phi) is 7.16. The van der Waals surface area contributed by atoms with Crippen LogP contribution in [0, 0.1) is 23.2 Å². The molecule has 2 aliphatic carbocycles. The van der Waals surface area contributed by atoms with Crippen LogP contribution in [0.2, 0.25) is 0 Å². The van der Waals surface area contributed by atoms with Crippen molar-refractivity contribution in [1.82, 2.24) is 10.2 Å². The first-order chi connectivity index (χ1) is 13.0. The van der Waals surface area contributed by atoms with Gasteiger partial charge in [0.05, 0.1) is 12.1 Å². The van der Waals surface area contributed by atoms with Crippen LogP contribution in [0.15, 0.2) is 0 Å². The molecule has 3 N–H and O–H groups in total. The highest BCUT2D eigenvalue weighted by molar-refractivity contribution is 5.82. The first-order valence-corrected chi connectivity index (χ1v) is 11.3. The number of hydrogen-bond donors (Lipinski definition) is 2. The standard InChI is InChI=1S/C22H38N4O/c1-17-7-5-6-10-20(17)26-13-11-22(16-23,12-14-26)25-21(27)19(24)15-18-8-3-2-4-9-18/h17-20H,2-15,24H2,1H3,(H,25,27). The molecule has 1 saturated heterocycles. The SMILES string of the molecule is CC1CCCCC1N1CCC(C#N)(NC(=O)C(N)CC2CCCCC2)CC1. The van der Waals surface area contributed by atoms with E-state index in [4.69, 9.17) is 5.73 Å². The number of carbonyl (C=O) groups excluding carboxylic acids is 1. The molecule has 2 saturated carbocycles. The highest BCUT2D eigenvalue weighted by atomic mass is 16.2. The highest BCUT2D eigenvalue weighted by Crippen LogP contribution is 2.32. The maximum absolute atomic E-state index is 12.7. The Morgan fingerprint density at radius 2 is 1.78 bits per heavy atom. The Labute approximate surface area is 165 Å². The first kappa shape index (κ1) is 20.6. The Hall–Kier alpha value is -1.12. The number of rotatable bonds is 5. The smallest absolute Gasteiger partial charge is 0.238 e. The van der Waals surface area contributed by atoms with E-state index < -0.39 is 11.6 Å². The topological polar surface area (TPSA) is 82.2 Å². The van der Waals surface area contributed by atoms with E-state index in [1.54, 1.807) is 0 Å². The maximum atomic E-state index is 12.7. The number of nitrogens with two attached hydrogens (primary N) is 1. The number of nitrogens with zero attached hydrogens (tertiary/aromatic N) is 2. The highest BCUT2D eigenvalue weighted by Gasteiger charge is 2.40. The van der Waals surface area contributed by atoms with E-state index in [1.165, 1.54) is 57.8 Å². The molecular weight excluding hydrogens is 336 g/mol. The molecule has 0 aromatic heterocycles. The summed E-state index contributed by atoms with van der Waals surface area (Å²) in [6.07, 6.45) is 13.7. The minimum absolute atomic E-state index is 0.124. The third-order valence-corrected chi connectivity index (χ3v) is 7.41. The van der Waals surface area contributed by atoms with Gasteiger partial charge in [-0.15, -0.1) is 0 Å². The molecule has 3 atom stereocenters. The van der Waals surface area contributed by atoms with Crippen molar-refractivity contribution in [3.63, 3.8) is 0 Å². The van der Waals surface area contributed by atoms with Crippen molar-refractivity contribution in [3.8, 4) is 6.07 Å². The van der Waals surface area contributed by atoms with E-state index >= 15 is 0 Å². The summed E-state index contributed by atoms with van der Waals surface area (Å²) in [4.78, 5) is 15.2. The summed E-state index contributed by atoms with van der Waals surface area (Å²) in [5, 5.41) is 12.9. The Balaban J connectivity index is 1.50. The zero-order valence-corrected chi connectivity index (χ0v) is 17.1. The fourth-order valence-corrected chi connectivity index (χ4v) is 5.56. The van der Waals surface area contributed by atoms with E-state index in [2.05, 4.69) is 23.2 Å². The van der Waals surface area contributed by atoms with Crippen molar-refractivity contribution in [2.45, 2.75) is 102 Å². The average Bonchev–Trinajstić information content (AvgIpc) is 2.70. The van der Waals surface area contributed by atoms with Gasteiger partial charge in [-0.1, -0.05) is 51.9 Å². The third-order valence-electron chi connectivity index (χ3n) is 7.41. The van der Waals surface area contributed by atoms with E-state index in [9.17, 15) is 10.1 Å². The van der Waals surface area contributed by atoms with Gasteiger partial charge in [0.1, 0.15) is 5.54 Å². The maximum Gasteiger partial charge on any atom is 0.238 e. The van der Waals surface area contributed by atoms with Gasteiger partial charge in [0.15, 0.2) is 0 Å². The van der Waals surface area contributed by atoms with Crippen LogP contribution in [0.25, 0.3) is 0 Å².